The van der Waals surface area contributed by atoms with Gasteiger partial charge < -0.3 is 9.84 Å². The van der Waals surface area contributed by atoms with Gasteiger partial charge in [0.2, 0.25) is 0 Å². The first kappa shape index (κ1) is 12.1. The maximum absolute atomic E-state index is 9.16. The molecule has 0 amide bonds. The topological polar surface area (TPSA) is 29.5 Å². The van der Waals surface area contributed by atoms with Crippen molar-refractivity contribution in [2.45, 2.75) is 39.2 Å². The minimum Gasteiger partial charge on any atom is -0.491 e. The molecule has 0 fully saturated rings. The highest BCUT2D eigenvalue weighted by atomic mass is 16.5. The van der Waals surface area contributed by atoms with E-state index in [0.29, 0.717) is 6.61 Å². The van der Waals surface area contributed by atoms with Gasteiger partial charge in [-0.3, -0.25) is 0 Å². The van der Waals surface area contributed by atoms with E-state index >= 15 is 0 Å². The van der Waals surface area contributed by atoms with Gasteiger partial charge in [-0.1, -0.05) is 31.5 Å². The van der Waals surface area contributed by atoms with Crippen molar-refractivity contribution in [1.29, 1.82) is 0 Å². The number of unbranched alkanes of at least 4 members (excludes halogenated alkanes) is 1. The first-order valence-corrected chi connectivity index (χ1v) is 5.62. The van der Waals surface area contributed by atoms with Crippen LogP contribution in [0.5, 0.6) is 5.75 Å². The summed E-state index contributed by atoms with van der Waals surface area (Å²) in [6.45, 7) is 4.27. The van der Waals surface area contributed by atoms with Crippen molar-refractivity contribution in [3.8, 4) is 5.75 Å². The zero-order valence-electron chi connectivity index (χ0n) is 9.57. The van der Waals surface area contributed by atoms with Gasteiger partial charge in [-0.05, 0) is 31.4 Å². The first-order valence-electron chi connectivity index (χ1n) is 5.62. The number of hydrogen-bond donors (Lipinski definition) is 1. The smallest absolute Gasteiger partial charge is 0.122 e. The van der Waals surface area contributed by atoms with E-state index in [-0.39, 0.29) is 0 Å². The predicted molar refractivity (Wildman–Crippen MR) is 62.2 cm³/mol. The van der Waals surface area contributed by atoms with Crippen LogP contribution in [0.1, 0.15) is 32.3 Å². The Labute approximate surface area is 91.9 Å². The molecule has 2 heteroatoms. The van der Waals surface area contributed by atoms with Crippen LogP contribution in [0.2, 0.25) is 0 Å². The molecule has 0 aliphatic carbocycles. The molecule has 1 aromatic carbocycles. The van der Waals surface area contributed by atoms with Crippen LogP contribution in [0, 0.1) is 0 Å². The number of rotatable bonds is 6. The number of aliphatic hydroxyl groups excluding tert-OH is 1. The minimum atomic E-state index is -0.413. The van der Waals surface area contributed by atoms with Crippen LogP contribution in [0.4, 0.5) is 0 Å². The van der Waals surface area contributed by atoms with E-state index in [9.17, 15) is 0 Å². The Balaban J connectivity index is 2.59. The molecule has 0 saturated heterocycles. The lowest BCUT2D eigenvalue weighted by Crippen LogP contribution is -2.13. The van der Waals surface area contributed by atoms with Gasteiger partial charge in [0.1, 0.15) is 12.4 Å². The molecule has 84 valence electrons. The van der Waals surface area contributed by atoms with Crippen molar-refractivity contribution in [3.63, 3.8) is 0 Å². The van der Waals surface area contributed by atoms with Crippen molar-refractivity contribution in [2.24, 2.45) is 0 Å². The molecule has 1 atom stereocenters. The summed E-state index contributed by atoms with van der Waals surface area (Å²) in [4.78, 5) is 0. The lowest BCUT2D eigenvalue weighted by molar-refractivity contribution is 0.122. The van der Waals surface area contributed by atoms with Gasteiger partial charge in [-0.25, -0.2) is 0 Å². The third kappa shape index (κ3) is 4.34. The molecule has 15 heavy (non-hydrogen) atoms. The summed E-state index contributed by atoms with van der Waals surface area (Å²) in [5.74, 6) is 0.909. The van der Waals surface area contributed by atoms with Crippen molar-refractivity contribution in [2.75, 3.05) is 6.61 Å². The standard InChI is InChI=1S/C13H20O2/c1-3-4-7-12-8-5-6-9-13(12)15-10-11(2)14/h5-6,8-9,11,14H,3-4,7,10H2,1-2H3/t11-/m1/s1. The molecule has 1 N–H and O–H groups in total. The fraction of sp³-hybridized carbons (Fsp3) is 0.538. The highest BCUT2D eigenvalue weighted by molar-refractivity contribution is 5.33. The monoisotopic (exact) mass is 208 g/mol. The molecule has 0 saturated carbocycles. The predicted octanol–water partition coefficient (Wildman–Crippen LogP) is 2.79. The lowest BCUT2D eigenvalue weighted by atomic mass is 10.1. The Morgan fingerprint density at radius 3 is 2.73 bits per heavy atom. The molecular weight excluding hydrogens is 188 g/mol. The zero-order valence-corrected chi connectivity index (χ0v) is 9.57. The second kappa shape index (κ2) is 6.46. The van der Waals surface area contributed by atoms with Crippen LogP contribution in [-0.4, -0.2) is 17.8 Å². The van der Waals surface area contributed by atoms with E-state index in [1.54, 1.807) is 6.92 Å². The van der Waals surface area contributed by atoms with Gasteiger partial charge in [0.05, 0.1) is 6.10 Å². The molecule has 0 bridgehead atoms. The fourth-order valence-corrected chi connectivity index (χ4v) is 1.43. The molecule has 0 radical (unpaired) electrons. The summed E-state index contributed by atoms with van der Waals surface area (Å²) in [5, 5.41) is 9.16. The van der Waals surface area contributed by atoms with Crippen LogP contribution < -0.4 is 4.74 Å². The molecular formula is C13H20O2. The SMILES string of the molecule is CCCCc1ccccc1OC[C@@H](C)O. The molecule has 1 aromatic rings. The summed E-state index contributed by atoms with van der Waals surface area (Å²) in [7, 11) is 0. The van der Waals surface area contributed by atoms with Crippen molar-refractivity contribution in [1.82, 2.24) is 0 Å². The third-order valence-corrected chi connectivity index (χ3v) is 2.25. The Bertz CT molecular complexity index is 282. The minimum absolute atomic E-state index is 0.364. The summed E-state index contributed by atoms with van der Waals surface area (Å²) in [6.07, 6.45) is 3.00. The van der Waals surface area contributed by atoms with E-state index in [1.165, 1.54) is 18.4 Å². The maximum Gasteiger partial charge on any atom is 0.122 e. The molecule has 0 heterocycles. The highest BCUT2D eigenvalue weighted by Crippen LogP contribution is 2.20. The van der Waals surface area contributed by atoms with E-state index in [1.807, 2.05) is 18.2 Å². The van der Waals surface area contributed by atoms with E-state index in [2.05, 4.69) is 13.0 Å². The molecule has 0 spiro atoms. The summed E-state index contributed by atoms with van der Waals surface area (Å²) < 4.78 is 5.55. The number of aliphatic hydroxyl groups is 1. The first-order chi connectivity index (χ1) is 7.24. The second-order valence-corrected chi connectivity index (χ2v) is 3.87. The Morgan fingerprint density at radius 2 is 2.07 bits per heavy atom. The van der Waals surface area contributed by atoms with Gasteiger partial charge in [0.25, 0.3) is 0 Å². The summed E-state index contributed by atoms with van der Waals surface area (Å²) in [5.41, 5.74) is 1.24. The van der Waals surface area contributed by atoms with Crippen molar-refractivity contribution >= 4 is 0 Å². The third-order valence-electron chi connectivity index (χ3n) is 2.25. The summed E-state index contributed by atoms with van der Waals surface area (Å²) >= 11 is 0. The average Bonchev–Trinajstić information content (AvgIpc) is 2.24. The van der Waals surface area contributed by atoms with E-state index < -0.39 is 6.10 Å². The van der Waals surface area contributed by atoms with Crippen molar-refractivity contribution < 1.29 is 9.84 Å². The molecule has 1 rings (SSSR count). The molecule has 0 aliphatic heterocycles. The van der Waals surface area contributed by atoms with E-state index in [0.717, 1.165) is 12.2 Å². The molecule has 0 aliphatic rings. The largest absolute Gasteiger partial charge is 0.491 e. The number of benzene rings is 1. The Hall–Kier alpha value is -1.02. The zero-order chi connectivity index (χ0) is 11.1. The van der Waals surface area contributed by atoms with E-state index in [4.69, 9.17) is 9.84 Å². The number of ether oxygens (including phenoxy) is 1. The van der Waals surface area contributed by atoms with Crippen LogP contribution in [0.3, 0.4) is 0 Å². The van der Waals surface area contributed by atoms with Crippen LogP contribution in [-0.2, 0) is 6.42 Å². The number of aryl methyl sites for hydroxylation is 1. The Kier molecular flexibility index (Phi) is 5.19. The average molecular weight is 208 g/mol. The summed E-state index contributed by atoms with van der Waals surface area (Å²) in [6, 6.07) is 8.05. The number of hydrogen-bond acceptors (Lipinski definition) is 2. The quantitative estimate of drug-likeness (QED) is 0.779. The van der Waals surface area contributed by atoms with Crippen molar-refractivity contribution in [3.05, 3.63) is 29.8 Å². The molecule has 2 nitrogen and oxygen atoms in total. The normalized spacial score (nSPS) is 12.5. The maximum atomic E-state index is 9.16. The highest BCUT2D eigenvalue weighted by Gasteiger charge is 2.03. The fourth-order valence-electron chi connectivity index (χ4n) is 1.43. The lowest BCUT2D eigenvalue weighted by Gasteiger charge is -2.12. The Morgan fingerprint density at radius 1 is 1.33 bits per heavy atom. The second-order valence-electron chi connectivity index (χ2n) is 3.87. The van der Waals surface area contributed by atoms with Gasteiger partial charge in [0, 0.05) is 0 Å². The number of para-hydroxylation sites is 1. The van der Waals surface area contributed by atoms with Gasteiger partial charge in [-0.2, -0.15) is 0 Å². The van der Waals surface area contributed by atoms with Crippen LogP contribution >= 0.6 is 0 Å². The van der Waals surface area contributed by atoms with Crippen LogP contribution in [0.15, 0.2) is 24.3 Å². The van der Waals surface area contributed by atoms with Gasteiger partial charge in [-0.15, -0.1) is 0 Å². The van der Waals surface area contributed by atoms with Gasteiger partial charge >= 0.3 is 0 Å². The molecule has 0 aromatic heterocycles. The van der Waals surface area contributed by atoms with Crippen LogP contribution in [0.25, 0.3) is 0 Å². The van der Waals surface area contributed by atoms with Gasteiger partial charge in [0.15, 0.2) is 0 Å². The molecule has 0 unspecified atom stereocenters.